The van der Waals surface area contributed by atoms with Crippen LogP contribution in [0.3, 0.4) is 0 Å². The van der Waals surface area contributed by atoms with E-state index in [1.54, 1.807) is 0 Å². The zero-order chi connectivity index (χ0) is 11.4. The van der Waals surface area contributed by atoms with E-state index in [1.807, 2.05) is 0 Å². The van der Waals surface area contributed by atoms with Crippen molar-refractivity contribution < 1.29 is 14.6 Å². The molecule has 0 amide bonds. The fourth-order valence-corrected chi connectivity index (χ4v) is 2.81. The highest BCUT2D eigenvalue weighted by Gasteiger charge is 2.40. The number of carboxylic acids is 1. The van der Waals surface area contributed by atoms with Crippen LogP contribution in [0.4, 0.5) is 0 Å². The van der Waals surface area contributed by atoms with E-state index in [-0.39, 0.29) is 0 Å². The molecule has 4 heteroatoms. The van der Waals surface area contributed by atoms with Crippen LogP contribution in [0.1, 0.15) is 44.9 Å². The van der Waals surface area contributed by atoms with Crippen molar-refractivity contribution in [3.63, 3.8) is 0 Å². The van der Waals surface area contributed by atoms with Gasteiger partial charge in [0.2, 0.25) is 0 Å². The smallest absolute Gasteiger partial charge is 0.323 e. The molecule has 0 aromatic rings. The molecule has 4 nitrogen and oxygen atoms in total. The van der Waals surface area contributed by atoms with Gasteiger partial charge in [-0.15, -0.1) is 0 Å². The van der Waals surface area contributed by atoms with E-state index in [2.05, 4.69) is 5.32 Å². The molecule has 2 atom stereocenters. The number of carboxylic acid groups (broad SMARTS) is 1. The fourth-order valence-electron chi connectivity index (χ4n) is 2.81. The maximum absolute atomic E-state index is 11.3. The Bertz CT molecular complexity index is 243. The van der Waals surface area contributed by atoms with Crippen molar-refractivity contribution in [3.05, 3.63) is 0 Å². The van der Waals surface area contributed by atoms with E-state index in [0.29, 0.717) is 6.10 Å². The molecule has 0 spiro atoms. The number of hydrogen-bond acceptors (Lipinski definition) is 3. The lowest BCUT2D eigenvalue weighted by Gasteiger charge is -2.24. The van der Waals surface area contributed by atoms with Crippen molar-refractivity contribution in [3.8, 4) is 0 Å². The topological polar surface area (TPSA) is 58.6 Å². The number of nitrogens with one attached hydrogen (secondary N) is 1. The lowest BCUT2D eigenvalue weighted by molar-refractivity contribution is -0.144. The Balaban J connectivity index is 1.76. The van der Waals surface area contributed by atoms with Crippen LogP contribution in [0.2, 0.25) is 0 Å². The van der Waals surface area contributed by atoms with Crippen LogP contribution in [0, 0.1) is 0 Å². The van der Waals surface area contributed by atoms with E-state index in [0.717, 1.165) is 58.1 Å². The monoisotopic (exact) mass is 227 g/mol. The normalized spacial score (nSPS) is 34.4. The molecule has 0 radical (unpaired) electrons. The maximum atomic E-state index is 11.3. The van der Waals surface area contributed by atoms with E-state index >= 15 is 0 Å². The van der Waals surface area contributed by atoms with Gasteiger partial charge < -0.3 is 15.2 Å². The van der Waals surface area contributed by atoms with Gasteiger partial charge in [0, 0.05) is 6.61 Å². The average Bonchev–Trinajstić information content (AvgIpc) is 2.88. The Labute approximate surface area is 96.4 Å². The van der Waals surface area contributed by atoms with Crippen molar-refractivity contribution in [2.24, 2.45) is 0 Å². The van der Waals surface area contributed by atoms with Gasteiger partial charge in [0.25, 0.3) is 0 Å². The van der Waals surface area contributed by atoms with Gasteiger partial charge in [-0.2, -0.15) is 0 Å². The Hall–Kier alpha value is -0.610. The molecule has 0 saturated carbocycles. The summed E-state index contributed by atoms with van der Waals surface area (Å²) in [4.78, 5) is 11.3. The summed E-state index contributed by atoms with van der Waals surface area (Å²) in [6.07, 6.45) is 7.14. The molecule has 2 N–H and O–H groups in total. The van der Waals surface area contributed by atoms with Crippen molar-refractivity contribution >= 4 is 5.97 Å². The molecule has 2 heterocycles. The average molecular weight is 227 g/mol. The first-order valence-electron chi connectivity index (χ1n) is 6.33. The van der Waals surface area contributed by atoms with Gasteiger partial charge in [0.05, 0.1) is 6.10 Å². The van der Waals surface area contributed by atoms with Crippen LogP contribution < -0.4 is 5.32 Å². The zero-order valence-electron chi connectivity index (χ0n) is 9.71. The number of hydrogen-bond donors (Lipinski definition) is 2. The Morgan fingerprint density at radius 3 is 2.94 bits per heavy atom. The molecule has 2 aliphatic rings. The van der Waals surface area contributed by atoms with Gasteiger partial charge in [-0.3, -0.25) is 4.79 Å². The molecule has 2 aliphatic heterocycles. The third kappa shape index (κ3) is 2.55. The van der Waals surface area contributed by atoms with Gasteiger partial charge in [-0.25, -0.2) is 0 Å². The van der Waals surface area contributed by atoms with Crippen molar-refractivity contribution in [2.75, 3.05) is 13.2 Å². The molecule has 2 unspecified atom stereocenters. The minimum atomic E-state index is -0.683. The Morgan fingerprint density at radius 1 is 1.50 bits per heavy atom. The summed E-state index contributed by atoms with van der Waals surface area (Å²) in [6.45, 7) is 1.72. The lowest BCUT2D eigenvalue weighted by atomic mass is 9.90. The molecule has 16 heavy (non-hydrogen) atoms. The second-order valence-electron chi connectivity index (χ2n) is 4.94. The van der Waals surface area contributed by atoms with Gasteiger partial charge >= 0.3 is 5.97 Å². The predicted molar refractivity (Wildman–Crippen MR) is 60.4 cm³/mol. The molecule has 0 aliphatic carbocycles. The van der Waals surface area contributed by atoms with Crippen LogP contribution in [-0.4, -0.2) is 35.9 Å². The van der Waals surface area contributed by atoms with Crippen LogP contribution in [0.15, 0.2) is 0 Å². The van der Waals surface area contributed by atoms with Crippen molar-refractivity contribution in [1.82, 2.24) is 5.32 Å². The SMILES string of the molecule is O=C(O)C1(CCCC2CCCO2)CCCN1. The number of carbonyl (C=O) groups is 1. The quantitative estimate of drug-likeness (QED) is 0.748. The maximum Gasteiger partial charge on any atom is 0.323 e. The second-order valence-corrected chi connectivity index (χ2v) is 4.94. The number of rotatable bonds is 5. The van der Waals surface area contributed by atoms with Gasteiger partial charge in [-0.1, -0.05) is 0 Å². The summed E-state index contributed by atoms with van der Waals surface area (Å²) in [7, 11) is 0. The lowest BCUT2D eigenvalue weighted by Crippen LogP contribution is -2.47. The summed E-state index contributed by atoms with van der Waals surface area (Å²) in [5.74, 6) is -0.683. The van der Waals surface area contributed by atoms with E-state index in [9.17, 15) is 9.90 Å². The van der Waals surface area contributed by atoms with E-state index in [1.165, 1.54) is 0 Å². The number of ether oxygens (including phenoxy) is 1. The highest BCUT2D eigenvalue weighted by molar-refractivity contribution is 5.79. The molecule has 2 fully saturated rings. The highest BCUT2D eigenvalue weighted by atomic mass is 16.5. The molecular formula is C12H21NO3. The summed E-state index contributed by atoms with van der Waals surface area (Å²) in [5, 5.41) is 12.4. The molecular weight excluding hydrogens is 206 g/mol. The van der Waals surface area contributed by atoms with Crippen LogP contribution in [0.25, 0.3) is 0 Å². The van der Waals surface area contributed by atoms with Crippen molar-refractivity contribution in [2.45, 2.75) is 56.6 Å². The second kappa shape index (κ2) is 5.15. The van der Waals surface area contributed by atoms with Crippen LogP contribution in [-0.2, 0) is 9.53 Å². The summed E-state index contributed by atoms with van der Waals surface area (Å²) >= 11 is 0. The molecule has 0 bridgehead atoms. The first kappa shape index (κ1) is 11.9. The molecule has 92 valence electrons. The predicted octanol–water partition coefficient (Wildman–Crippen LogP) is 1.54. The summed E-state index contributed by atoms with van der Waals surface area (Å²) in [5.41, 5.74) is -0.640. The van der Waals surface area contributed by atoms with Gasteiger partial charge in [0.15, 0.2) is 0 Å². The fraction of sp³-hybridized carbons (Fsp3) is 0.917. The standard InChI is InChI=1S/C12H21NO3/c14-11(15)12(7-3-8-13-12)6-1-4-10-5-2-9-16-10/h10,13H,1-9H2,(H,14,15). The van der Waals surface area contributed by atoms with Crippen LogP contribution in [0.5, 0.6) is 0 Å². The largest absolute Gasteiger partial charge is 0.480 e. The van der Waals surface area contributed by atoms with Crippen molar-refractivity contribution in [1.29, 1.82) is 0 Å². The Kier molecular flexibility index (Phi) is 3.82. The zero-order valence-corrected chi connectivity index (χ0v) is 9.71. The Morgan fingerprint density at radius 2 is 2.38 bits per heavy atom. The third-order valence-corrected chi connectivity index (χ3v) is 3.81. The molecule has 0 aromatic carbocycles. The highest BCUT2D eigenvalue weighted by Crippen LogP contribution is 2.27. The van der Waals surface area contributed by atoms with E-state index < -0.39 is 11.5 Å². The molecule has 2 saturated heterocycles. The van der Waals surface area contributed by atoms with E-state index in [4.69, 9.17) is 4.74 Å². The summed E-state index contributed by atoms with van der Waals surface area (Å²) < 4.78 is 5.54. The molecule has 0 aromatic heterocycles. The first-order chi connectivity index (χ1) is 7.73. The first-order valence-corrected chi connectivity index (χ1v) is 6.33. The third-order valence-electron chi connectivity index (χ3n) is 3.81. The summed E-state index contributed by atoms with van der Waals surface area (Å²) in [6, 6.07) is 0. The number of aliphatic carboxylic acids is 1. The van der Waals surface area contributed by atoms with Gasteiger partial charge in [-0.05, 0) is 51.5 Å². The minimum Gasteiger partial charge on any atom is -0.480 e. The minimum absolute atomic E-state index is 0.382. The van der Waals surface area contributed by atoms with Gasteiger partial charge in [0.1, 0.15) is 5.54 Å². The van der Waals surface area contributed by atoms with Crippen LogP contribution >= 0.6 is 0 Å². The molecule has 2 rings (SSSR count).